The fourth-order valence-corrected chi connectivity index (χ4v) is 3.22. The molecular weight excluding hydrogens is 188 g/mol. The minimum atomic E-state index is -0.134. The maximum atomic E-state index is 5.80. The fraction of sp³-hybridized carbons (Fsp3) is 1.00. The first-order valence-corrected chi connectivity index (χ1v) is 5.94. The average Bonchev–Trinajstić information content (AvgIpc) is 2.16. The minimum Gasteiger partial charge on any atom is -0.378 e. The second kappa shape index (κ2) is 4.42. The Labute approximate surface area is 94.3 Å². The first kappa shape index (κ1) is 13.0. The van der Waals surface area contributed by atoms with Crippen molar-refractivity contribution in [2.75, 3.05) is 14.2 Å². The molecule has 1 aliphatic carbocycles. The zero-order chi connectivity index (χ0) is 11.7. The van der Waals surface area contributed by atoms with Crippen molar-refractivity contribution in [1.82, 2.24) is 0 Å². The van der Waals surface area contributed by atoms with Gasteiger partial charge in [-0.05, 0) is 31.1 Å². The molecule has 2 nitrogen and oxygen atoms in total. The Morgan fingerprint density at radius 1 is 1.13 bits per heavy atom. The van der Waals surface area contributed by atoms with Gasteiger partial charge in [0.2, 0.25) is 0 Å². The Morgan fingerprint density at radius 2 is 1.73 bits per heavy atom. The summed E-state index contributed by atoms with van der Waals surface area (Å²) in [5, 5.41) is 0. The number of rotatable bonds is 2. The maximum Gasteiger partial charge on any atom is 0.0943 e. The molecular formula is C13H26O2. The molecule has 0 saturated heterocycles. The molecule has 0 radical (unpaired) electrons. The van der Waals surface area contributed by atoms with E-state index in [0.29, 0.717) is 5.92 Å². The van der Waals surface area contributed by atoms with Gasteiger partial charge in [-0.1, -0.05) is 27.2 Å². The first-order valence-electron chi connectivity index (χ1n) is 5.94. The highest BCUT2D eigenvalue weighted by Gasteiger charge is 2.49. The van der Waals surface area contributed by atoms with Crippen molar-refractivity contribution in [2.24, 2.45) is 11.3 Å². The number of methoxy groups -OCH3 is 2. The van der Waals surface area contributed by atoms with Gasteiger partial charge >= 0.3 is 0 Å². The summed E-state index contributed by atoms with van der Waals surface area (Å²) in [5.74, 6) is 0.564. The molecule has 1 rings (SSSR count). The molecule has 0 aromatic rings. The SMILES string of the molecule is COC1CCCC(C(C)(C)C)[C@]1(C)OC. The van der Waals surface area contributed by atoms with Crippen LogP contribution in [0.25, 0.3) is 0 Å². The summed E-state index contributed by atoms with van der Waals surface area (Å²) in [5.41, 5.74) is 0.146. The van der Waals surface area contributed by atoms with Gasteiger partial charge < -0.3 is 9.47 Å². The molecule has 0 aliphatic heterocycles. The van der Waals surface area contributed by atoms with Crippen LogP contribution >= 0.6 is 0 Å². The van der Waals surface area contributed by atoms with Crippen LogP contribution in [0.2, 0.25) is 0 Å². The van der Waals surface area contributed by atoms with Crippen LogP contribution in [0.3, 0.4) is 0 Å². The molecule has 0 heterocycles. The highest BCUT2D eigenvalue weighted by molar-refractivity contribution is 4.99. The largest absolute Gasteiger partial charge is 0.378 e. The normalized spacial score (nSPS) is 38.0. The summed E-state index contributed by atoms with van der Waals surface area (Å²) in [6.07, 6.45) is 3.85. The van der Waals surface area contributed by atoms with Gasteiger partial charge in [-0.2, -0.15) is 0 Å². The van der Waals surface area contributed by atoms with Gasteiger partial charge in [-0.3, -0.25) is 0 Å². The highest BCUT2D eigenvalue weighted by atomic mass is 16.5. The summed E-state index contributed by atoms with van der Waals surface area (Å²) in [7, 11) is 3.61. The summed E-state index contributed by atoms with van der Waals surface area (Å²) in [4.78, 5) is 0. The van der Waals surface area contributed by atoms with Crippen LogP contribution in [0, 0.1) is 11.3 Å². The van der Waals surface area contributed by atoms with Crippen molar-refractivity contribution in [1.29, 1.82) is 0 Å². The smallest absolute Gasteiger partial charge is 0.0943 e. The predicted octanol–water partition coefficient (Wildman–Crippen LogP) is 3.25. The van der Waals surface area contributed by atoms with Crippen molar-refractivity contribution in [3.63, 3.8) is 0 Å². The van der Waals surface area contributed by atoms with Crippen molar-refractivity contribution in [2.45, 2.75) is 58.7 Å². The van der Waals surface area contributed by atoms with Crippen LogP contribution in [0.15, 0.2) is 0 Å². The molecule has 3 atom stereocenters. The van der Waals surface area contributed by atoms with Gasteiger partial charge in [0.15, 0.2) is 0 Å². The van der Waals surface area contributed by atoms with Gasteiger partial charge in [0, 0.05) is 14.2 Å². The van der Waals surface area contributed by atoms with E-state index in [1.54, 1.807) is 7.11 Å². The van der Waals surface area contributed by atoms with Crippen LogP contribution in [0.4, 0.5) is 0 Å². The van der Waals surface area contributed by atoms with E-state index in [-0.39, 0.29) is 17.1 Å². The predicted molar refractivity (Wildman–Crippen MR) is 63.0 cm³/mol. The summed E-state index contributed by atoms with van der Waals surface area (Å²) >= 11 is 0. The Balaban J connectivity index is 2.95. The van der Waals surface area contributed by atoms with Crippen LogP contribution in [0.1, 0.15) is 47.0 Å². The zero-order valence-electron chi connectivity index (χ0n) is 11.1. The minimum absolute atomic E-state index is 0.134. The van der Waals surface area contributed by atoms with E-state index >= 15 is 0 Å². The third kappa shape index (κ3) is 2.36. The van der Waals surface area contributed by atoms with Crippen LogP contribution in [-0.4, -0.2) is 25.9 Å². The molecule has 0 aromatic carbocycles. The van der Waals surface area contributed by atoms with E-state index in [4.69, 9.17) is 9.47 Å². The number of hydrogen-bond acceptors (Lipinski definition) is 2. The lowest BCUT2D eigenvalue weighted by Crippen LogP contribution is -2.55. The second-order valence-corrected chi connectivity index (χ2v) is 5.96. The third-order valence-corrected chi connectivity index (χ3v) is 4.06. The Kier molecular flexibility index (Phi) is 3.83. The fourth-order valence-electron chi connectivity index (χ4n) is 3.22. The van der Waals surface area contributed by atoms with Gasteiger partial charge in [-0.25, -0.2) is 0 Å². The van der Waals surface area contributed by atoms with E-state index in [1.807, 2.05) is 7.11 Å². The molecule has 1 fully saturated rings. The molecule has 0 N–H and O–H groups in total. The van der Waals surface area contributed by atoms with Gasteiger partial charge in [0.05, 0.1) is 11.7 Å². The lowest BCUT2D eigenvalue weighted by molar-refractivity contribution is -0.180. The Hall–Kier alpha value is -0.0800. The molecule has 0 amide bonds. The molecule has 15 heavy (non-hydrogen) atoms. The van der Waals surface area contributed by atoms with E-state index in [0.717, 1.165) is 6.42 Å². The van der Waals surface area contributed by atoms with Crippen LogP contribution in [0.5, 0.6) is 0 Å². The van der Waals surface area contributed by atoms with E-state index in [2.05, 4.69) is 27.7 Å². The van der Waals surface area contributed by atoms with Crippen molar-refractivity contribution in [3.05, 3.63) is 0 Å². The van der Waals surface area contributed by atoms with Crippen LogP contribution < -0.4 is 0 Å². The summed E-state index contributed by atoms with van der Waals surface area (Å²) in [6, 6.07) is 0. The van der Waals surface area contributed by atoms with Gasteiger partial charge in [-0.15, -0.1) is 0 Å². The standard InChI is InChI=1S/C13H26O2/c1-12(2,3)10-8-7-9-11(14-5)13(10,4)15-6/h10-11H,7-9H2,1-6H3/t10?,11?,13-/m0/s1. The number of ether oxygens (including phenoxy) is 2. The third-order valence-electron chi connectivity index (χ3n) is 4.06. The second-order valence-electron chi connectivity index (χ2n) is 5.96. The summed E-state index contributed by atoms with van der Waals surface area (Å²) < 4.78 is 11.4. The Bertz CT molecular complexity index is 207. The molecule has 0 bridgehead atoms. The first-order chi connectivity index (χ1) is 6.86. The highest BCUT2D eigenvalue weighted by Crippen LogP contribution is 2.46. The van der Waals surface area contributed by atoms with Crippen molar-refractivity contribution >= 4 is 0 Å². The van der Waals surface area contributed by atoms with E-state index < -0.39 is 0 Å². The monoisotopic (exact) mass is 214 g/mol. The number of hydrogen-bond donors (Lipinski definition) is 0. The molecule has 1 aliphatic rings. The van der Waals surface area contributed by atoms with E-state index in [9.17, 15) is 0 Å². The molecule has 90 valence electrons. The lowest BCUT2D eigenvalue weighted by Gasteiger charge is -2.50. The summed E-state index contributed by atoms with van der Waals surface area (Å²) in [6.45, 7) is 9.10. The van der Waals surface area contributed by atoms with Crippen LogP contribution in [-0.2, 0) is 9.47 Å². The molecule has 2 heteroatoms. The lowest BCUT2D eigenvalue weighted by atomic mass is 9.63. The molecule has 0 spiro atoms. The topological polar surface area (TPSA) is 18.5 Å². The van der Waals surface area contributed by atoms with E-state index in [1.165, 1.54) is 12.8 Å². The maximum absolute atomic E-state index is 5.80. The molecule has 2 unspecified atom stereocenters. The zero-order valence-corrected chi connectivity index (χ0v) is 11.1. The van der Waals surface area contributed by atoms with Gasteiger partial charge in [0.1, 0.15) is 0 Å². The Morgan fingerprint density at radius 3 is 2.13 bits per heavy atom. The molecule has 1 saturated carbocycles. The quantitative estimate of drug-likeness (QED) is 0.702. The van der Waals surface area contributed by atoms with Crippen molar-refractivity contribution < 1.29 is 9.47 Å². The van der Waals surface area contributed by atoms with Gasteiger partial charge in [0.25, 0.3) is 0 Å². The molecule has 0 aromatic heterocycles. The van der Waals surface area contributed by atoms with Crippen molar-refractivity contribution in [3.8, 4) is 0 Å². The average molecular weight is 214 g/mol.